The zero-order chi connectivity index (χ0) is 18.4. The number of amides is 4. The lowest BCUT2D eigenvalue weighted by Gasteiger charge is -2.37. The molecule has 2 rings (SSSR count). The Morgan fingerprint density at radius 2 is 1.68 bits per heavy atom. The van der Waals surface area contributed by atoms with Crippen LogP contribution < -0.4 is 10.6 Å². The van der Waals surface area contributed by atoms with Crippen molar-refractivity contribution in [3.63, 3.8) is 0 Å². The maximum atomic E-state index is 12.3. The number of hydrogen-bond acceptors (Lipinski definition) is 5. The van der Waals surface area contributed by atoms with E-state index in [1.165, 1.54) is 0 Å². The third kappa shape index (κ3) is 5.97. The Morgan fingerprint density at radius 3 is 2.24 bits per heavy atom. The number of rotatable bonds is 5. The summed E-state index contributed by atoms with van der Waals surface area (Å²) in [4.78, 5) is 41.7. The van der Waals surface area contributed by atoms with E-state index < -0.39 is 0 Å². The number of imide groups is 1. The molecular weight excluding hydrogens is 322 g/mol. The minimum atomic E-state index is -0.390. The maximum absolute atomic E-state index is 12.3. The Balaban J connectivity index is 1.71. The predicted molar refractivity (Wildman–Crippen MR) is 95.1 cm³/mol. The van der Waals surface area contributed by atoms with E-state index in [-0.39, 0.29) is 29.9 Å². The number of carbonyl (C=O) groups is 3. The molecule has 0 aromatic heterocycles. The van der Waals surface area contributed by atoms with Gasteiger partial charge in [-0.1, -0.05) is 12.8 Å². The van der Waals surface area contributed by atoms with Gasteiger partial charge < -0.3 is 10.2 Å². The molecule has 1 saturated carbocycles. The molecule has 2 aliphatic rings. The fourth-order valence-electron chi connectivity index (χ4n) is 3.32. The van der Waals surface area contributed by atoms with Crippen LogP contribution in [0.15, 0.2) is 0 Å². The zero-order valence-corrected chi connectivity index (χ0v) is 15.6. The van der Waals surface area contributed by atoms with Crippen LogP contribution in [0.25, 0.3) is 0 Å². The smallest absolute Gasteiger partial charge is 0.321 e. The molecule has 1 aliphatic heterocycles. The van der Waals surface area contributed by atoms with Crippen LogP contribution in [0.2, 0.25) is 0 Å². The van der Waals surface area contributed by atoms with Crippen molar-refractivity contribution in [1.82, 2.24) is 25.3 Å². The largest absolute Gasteiger partial charge is 0.348 e. The zero-order valence-electron chi connectivity index (χ0n) is 15.6. The van der Waals surface area contributed by atoms with Crippen molar-refractivity contribution >= 4 is 17.8 Å². The molecule has 0 unspecified atom stereocenters. The summed E-state index contributed by atoms with van der Waals surface area (Å²) in [7, 11) is 3.50. The lowest BCUT2D eigenvalue weighted by molar-refractivity contribution is -0.131. The van der Waals surface area contributed by atoms with Gasteiger partial charge in [0, 0.05) is 46.3 Å². The molecule has 8 heteroatoms. The highest BCUT2D eigenvalue weighted by atomic mass is 16.2. The van der Waals surface area contributed by atoms with Crippen LogP contribution in [0.1, 0.15) is 32.6 Å². The van der Waals surface area contributed by atoms with Crippen LogP contribution in [-0.2, 0) is 9.59 Å². The minimum Gasteiger partial charge on any atom is -0.348 e. The van der Waals surface area contributed by atoms with Crippen molar-refractivity contribution in [2.45, 2.75) is 44.7 Å². The molecule has 0 spiro atoms. The number of likely N-dealkylation sites (N-methyl/N-ethyl adjacent to an activating group) is 1. The highest BCUT2D eigenvalue weighted by molar-refractivity contribution is 5.96. The summed E-state index contributed by atoms with van der Waals surface area (Å²) in [5.74, 6) is -0.184. The summed E-state index contributed by atoms with van der Waals surface area (Å²) in [6.07, 6.45) is 4.25. The molecule has 4 amide bonds. The van der Waals surface area contributed by atoms with Crippen molar-refractivity contribution in [3.05, 3.63) is 0 Å². The molecule has 25 heavy (non-hydrogen) atoms. The van der Waals surface area contributed by atoms with Crippen molar-refractivity contribution in [3.8, 4) is 0 Å². The predicted octanol–water partition coefficient (Wildman–Crippen LogP) is -0.151. The quantitative estimate of drug-likeness (QED) is 0.718. The molecule has 0 aromatic rings. The lowest BCUT2D eigenvalue weighted by atomic mass is 10.2. The molecule has 2 fully saturated rings. The van der Waals surface area contributed by atoms with Gasteiger partial charge in [0.05, 0.1) is 12.6 Å². The molecule has 8 nitrogen and oxygen atoms in total. The average molecular weight is 353 g/mol. The van der Waals surface area contributed by atoms with Gasteiger partial charge in [-0.3, -0.25) is 24.7 Å². The van der Waals surface area contributed by atoms with Crippen LogP contribution in [-0.4, -0.2) is 91.4 Å². The number of urea groups is 1. The van der Waals surface area contributed by atoms with Gasteiger partial charge in [-0.25, -0.2) is 4.79 Å². The number of nitrogens with zero attached hydrogens (tertiary/aromatic N) is 3. The van der Waals surface area contributed by atoms with Crippen LogP contribution in [0, 0.1) is 0 Å². The van der Waals surface area contributed by atoms with Gasteiger partial charge >= 0.3 is 6.03 Å². The van der Waals surface area contributed by atoms with Crippen LogP contribution in [0.3, 0.4) is 0 Å². The summed E-state index contributed by atoms with van der Waals surface area (Å²) in [6.45, 7) is 5.13. The summed E-state index contributed by atoms with van der Waals surface area (Å²) in [5, 5.41) is 5.32. The van der Waals surface area contributed by atoms with Gasteiger partial charge in [0.2, 0.25) is 11.8 Å². The molecule has 0 aromatic carbocycles. The standard InChI is InChI=1S/C17H31N5O3/c1-13(16(24)19-17(25)18-14-6-4-5-7-14)22-10-8-21(9-11-22)12-15(23)20(2)3/h13-14H,4-12H2,1-3H3,(H2,18,19,24,25)/t13-/m1/s1. The first-order valence-electron chi connectivity index (χ1n) is 9.14. The Bertz CT molecular complexity index is 483. The molecule has 2 N–H and O–H groups in total. The van der Waals surface area contributed by atoms with Gasteiger partial charge in [-0.2, -0.15) is 0 Å². The van der Waals surface area contributed by atoms with E-state index in [0.29, 0.717) is 19.6 Å². The van der Waals surface area contributed by atoms with E-state index >= 15 is 0 Å². The van der Waals surface area contributed by atoms with Gasteiger partial charge in [0.1, 0.15) is 0 Å². The van der Waals surface area contributed by atoms with E-state index in [1.807, 2.05) is 6.92 Å². The molecule has 1 atom stereocenters. The van der Waals surface area contributed by atoms with Gasteiger partial charge in [0.15, 0.2) is 0 Å². The fraction of sp³-hybridized carbons (Fsp3) is 0.824. The summed E-state index contributed by atoms with van der Waals surface area (Å²) in [6, 6.07) is -0.555. The molecule has 1 aliphatic carbocycles. The van der Waals surface area contributed by atoms with E-state index in [1.54, 1.807) is 19.0 Å². The number of nitrogens with one attached hydrogen (secondary N) is 2. The minimum absolute atomic E-state index is 0.0859. The van der Waals surface area contributed by atoms with E-state index in [2.05, 4.69) is 20.4 Å². The monoisotopic (exact) mass is 353 g/mol. The van der Waals surface area contributed by atoms with Gasteiger partial charge in [0.25, 0.3) is 0 Å². The van der Waals surface area contributed by atoms with Crippen molar-refractivity contribution in [2.75, 3.05) is 46.8 Å². The first-order chi connectivity index (χ1) is 11.9. The third-order valence-corrected chi connectivity index (χ3v) is 5.12. The number of piperazine rings is 1. The first-order valence-corrected chi connectivity index (χ1v) is 9.14. The second-order valence-electron chi connectivity index (χ2n) is 7.22. The van der Waals surface area contributed by atoms with Crippen LogP contribution >= 0.6 is 0 Å². The molecule has 0 radical (unpaired) electrons. The second kappa shape index (κ2) is 9.15. The normalized spacial score (nSPS) is 20.9. The maximum Gasteiger partial charge on any atom is 0.321 e. The third-order valence-electron chi connectivity index (χ3n) is 5.12. The fourth-order valence-corrected chi connectivity index (χ4v) is 3.32. The molecule has 1 saturated heterocycles. The van der Waals surface area contributed by atoms with Crippen LogP contribution in [0.5, 0.6) is 0 Å². The highest BCUT2D eigenvalue weighted by Gasteiger charge is 2.28. The topological polar surface area (TPSA) is 85.0 Å². The molecule has 1 heterocycles. The van der Waals surface area contributed by atoms with Crippen molar-refractivity contribution < 1.29 is 14.4 Å². The lowest BCUT2D eigenvalue weighted by Crippen LogP contribution is -2.56. The molecule has 142 valence electrons. The van der Waals surface area contributed by atoms with Crippen LogP contribution in [0.4, 0.5) is 4.79 Å². The van der Waals surface area contributed by atoms with E-state index in [4.69, 9.17) is 0 Å². The summed E-state index contributed by atoms with van der Waals surface area (Å²) >= 11 is 0. The summed E-state index contributed by atoms with van der Waals surface area (Å²) in [5.41, 5.74) is 0. The first kappa shape index (κ1) is 19.7. The number of carbonyl (C=O) groups excluding carboxylic acids is 3. The van der Waals surface area contributed by atoms with Gasteiger partial charge in [-0.15, -0.1) is 0 Å². The second-order valence-corrected chi connectivity index (χ2v) is 7.22. The van der Waals surface area contributed by atoms with Crippen molar-refractivity contribution in [2.24, 2.45) is 0 Å². The Labute approximate surface area is 149 Å². The molecular formula is C17H31N5O3. The Morgan fingerprint density at radius 1 is 1.08 bits per heavy atom. The number of hydrogen-bond donors (Lipinski definition) is 2. The molecule has 0 bridgehead atoms. The summed E-state index contributed by atoms with van der Waals surface area (Å²) < 4.78 is 0. The van der Waals surface area contributed by atoms with E-state index in [9.17, 15) is 14.4 Å². The van der Waals surface area contributed by atoms with E-state index in [0.717, 1.165) is 38.8 Å². The SMILES string of the molecule is C[C@H](C(=O)NC(=O)NC1CCCC1)N1CCN(CC(=O)N(C)C)CC1. The van der Waals surface area contributed by atoms with Gasteiger partial charge in [-0.05, 0) is 19.8 Å². The average Bonchev–Trinajstić information content (AvgIpc) is 3.07. The van der Waals surface area contributed by atoms with Crippen molar-refractivity contribution in [1.29, 1.82) is 0 Å². The Kier molecular flexibility index (Phi) is 7.19. The Hall–Kier alpha value is -1.67. The highest BCUT2D eigenvalue weighted by Crippen LogP contribution is 2.17.